The molecule has 0 bridgehead atoms. The van der Waals surface area contributed by atoms with E-state index in [1.807, 2.05) is 35.8 Å². The van der Waals surface area contributed by atoms with Gasteiger partial charge in [0.2, 0.25) is 5.82 Å². The first-order valence-corrected chi connectivity index (χ1v) is 13.1. The van der Waals surface area contributed by atoms with Gasteiger partial charge in [0.25, 0.3) is 5.56 Å². The van der Waals surface area contributed by atoms with Gasteiger partial charge in [-0.3, -0.25) is 4.79 Å². The standard InChI is InChI=1S/C29H34N8O3/c1-28(2,3)16-23-30-24-22(15-29(4,39-5)40-6)31-34-27(38)25(24)37(23)17-18-11-13-19(14-12-18)20-9-7-8-10-21(20)26-32-35-36-33-26/h7-14H,15-17H2,1-6H3,(H,34,38)(H,32,33,35,36). The lowest BCUT2D eigenvalue weighted by molar-refractivity contribution is -0.192. The molecule has 3 heterocycles. The second kappa shape index (κ2) is 10.7. The zero-order valence-electron chi connectivity index (χ0n) is 23.6. The summed E-state index contributed by atoms with van der Waals surface area (Å²) in [6.07, 6.45) is 1.01. The van der Waals surface area contributed by atoms with Crippen molar-refractivity contribution in [3.63, 3.8) is 0 Å². The second-order valence-electron chi connectivity index (χ2n) is 11.2. The van der Waals surface area contributed by atoms with Crippen molar-refractivity contribution in [3.8, 4) is 22.5 Å². The van der Waals surface area contributed by atoms with E-state index in [-0.39, 0.29) is 11.0 Å². The lowest BCUT2D eigenvalue weighted by atomic mass is 9.92. The first kappa shape index (κ1) is 27.4. The zero-order valence-corrected chi connectivity index (χ0v) is 23.6. The van der Waals surface area contributed by atoms with Crippen LogP contribution < -0.4 is 5.56 Å². The minimum atomic E-state index is -0.903. The Kier molecular flexibility index (Phi) is 7.35. The Morgan fingerprint density at radius 3 is 2.23 bits per heavy atom. The molecule has 0 radical (unpaired) electrons. The summed E-state index contributed by atoms with van der Waals surface area (Å²) in [5.74, 6) is 0.461. The highest BCUT2D eigenvalue weighted by Crippen LogP contribution is 2.31. The number of benzene rings is 2. The van der Waals surface area contributed by atoms with Crippen molar-refractivity contribution >= 4 is 11.0 Å². The van der Waals surface area contributed by atoms with E-state index in [2.05, 4.69) is 75.9 Å². The van der Waals surface area contributed by atoms with Crippen molar-refractivity contribution < 1.29 is 9.47 Å². The van der Waals surface area contributed by atoms with Gasteiger partial charge >= 0.3 is 0 Å². The molecule has 40 heavy (non-hydrogen) atoms. The molecular formula is C29H34N8O3. The van der Waals surface area contributed by atoms with Gasteiger partial charge in [-0.05, 0) is 34.2 Å². The van der Waals surface area contributed by atoms with Crippen LogP contribution in [0.5, 0.6) is 0 Å². The maximum atomic E-state index is 13.2. The number of nitrogens with zero attached hydrogens (tertiary/aromatic N) is 6. The number of H-pyrrole nitrogens is 2. The molecule has 208 valence electrons. The van der Waals surface area contributed by atoms with Crippen LogP contribution in [0.2, 0.25) is 0 Å². The highest BCUT2D eigenvalue weighted by molar-refractivity contribution is 5.80. The molecule has 2 aromatic carbocycles. The van der Waals surface area contributed by atoms with E-state index in [9.17, 15) is 4.79 Å². The molecule has 0 atom stereocenters. The number of hydrogen-bond donors (Lipinski definition) is 2. The fourth-order valence-corrected chi connectivity index (χ4v) is 4.77. The first-order chi connectivity index (χ1) is 19.1. The average molecular weight is 543 g/mol. The summed E-state index contributed by atoms with van der Waals surface area (Å²) >= 11 is 0. The topological polar surface area (TPSA) is 136 Å². The predicted molar refractivity (Wildman–Crippen MR) is 152 cm³/mol. The number of hydrogen-bond acceptors (Lipinski definition) is 8. The minimum Gasteiger partial charge on any atom is -0.353 e. The molecule has 0 aliphatic carbocycles. The van der Waals surface area contributed by atoms with Crippen LogP contribution in [0.15, 0.2) is 53.3 Å². The van der Waals surface area contributed by atoms with Crippen LogP contribution in [0.1, 0.15) is 44.8 Å². The fraction of sp³-hybridized carbons (Fsp3) is 0.379. The van der Waals surface area contributed by atoms with Crippen LogP contribution in [0.3, 0.4) is 0 Å². The first-order valence-electron chi connectivity index (χ1n) is 13.1. The molecule has 11 nitrogen and oxygen atoms in total. The average Bonchev–Trinajstić information content (AvgIpc) is 3.59. The van der Waals surface area contributed by atoms with Gasteiger partial charge in [0.1, 0.15) is 16.9 Å². The fourth-order valence-electron chi connectivity index (χ4n) is 4.77. The monoisotopic (exact) mass is 542 g/mol. The molecule has 5 rings (SSSR count). The molecule has 0 spiro atoms. The number of tetrazole rings is 1. The van der Waals surface area contributed by atoms with Gasteiger partial charge in [-0.1, -0.05) is 69.3 Å². The summed E-state index contributed by atoms with van der Waals surface area (Å²) in [5.41, 5.74) is 5.29. The van der Waals surface area contributed by atoms with Gasteiger partial charge in [-0.25, -0.2) is 10.1 Å². The normalized spacial score (nSPS) is 12.3. The van der Waals surface area contributed by atoms with Crippen molar-refractivity contribution in [3.05, 3.63) is 76.0 Å². The number of nitrogens with one attached hydrogen (secondary N) is 2. The Morgan fingerprint density at radius 1 is 0.900 bits per heavy atom. The Bertz CT molecular complexity index is 1660. The van der Waals surface area contributed by atoms with Gasteiger partial charge in [0.05, 0.1) is 5.69 Å². The molecule has 0 saturated heterocycles. The van der Waals surface area contributed by atoms with Crippen molar-refractivity contribution in [2.45, 2.75) is 52.9 Å². The SMILES string of the molecule is COC(C)(Cc1n[nH]c(=O)c2c1nc(CC(C)(C)C)n2Cc1ccc(-c2ccccc2-c2nn[nH]n2)cc1)OC. The van der Waals surface area contributed by atoms with E-state index in [4.69, 9.17) is 14.5 Å². The molecule has 11 heteroatoms. The van der Waals surface area contributed by atoms with Crippen LogP contribution in [0.25, 0.3) is 33.5 Å². The van der Waals surface area contributed by atoms with Gasteiger partial charge in [-0.15, -0.1) is 10.2 Å². The summed E-state index contributed by atoms with van der Waals surface area (Å²) in [4.78, 5) is 18.1. The lowest BCUT2D eigenvalue weighted by Gasteiger charge is -2.25. The molecule has 5 aromatic rings. The number of aromatic amines is 2. The van der Waals surface area contributed by atoms with E-state index < -0.39 is 5.79 Å². The summed E-state index contributed by atoms with van der Waals surface area (Å²) in [6.45, 7) is 8.78. The third-order valence-corrected chi connectivity index (χ3v) is 6.99. The molecule has 0 fully saturated rings. The van der Waals surface area contributed by atoms with E-state index in [1.54, 1.807) is 14.2 Å². The van der Waals surface area contributed by atoms with E-state index in [0.717, 1.165) is 28.1 Å². The molecule has 2 N–H and O–H groups in total. The minimum absolute atomic E-state index is 0.0459. The Balaban J connectivity index is 1.55. The van der Waals surface area contributed by atoms with Crippen molar-refractivity contribution in [1.29, 1.82) is 0 Å². The van der Waals surface area contributed by atoms with Crippen LogP contribution in [0, 0.1) is 5.41 Å². The molecule has 0 unspecified atom stereocenters. The second-order valence-corrected chi connectivity index (χ2v) is 11.2. The Hall–Kier alpha value is -4.22. The number of fused-ring (bicyclic) bond motifs is 1. The number of aromatic nitrogens is 8. The van der Waals surface area contributed by atoms with Crippen molar-refractivity contribution in [2.24, 2.45) is 5.41 Å². The zero-order chi connectivity index (χ0) is 28.5. The van der Waals surface area contributed by atoms with Gasteiger partial charge < -0.3 is 14.0 Å². The molecule has 3 aromatic heterocycles. The van der Waals surface area contributed by atoms with Crippen LogP contribution in [0.4, 0.5) is 0 Å². The number of rotatable bonds is 9. The van der Waals surface area contributed by atoms with Crippen LogP contribution in [-0.2, 0) is 28.9 Å². The van der Waals surface area contributed by atoms with E-state index in [0.29, 0.717) is 41.9 Å². The third-order valence-electron chi connectivity index (χ3n) is 6.99. The van der Waals surface area contributed by atoms with Crippen molar-refractivity contribution in [1.82, 2.24) is 40.4 Å². The van der Waals surface area contributed by atoms with Gasteiger partial charge in [-0.2, -0.15) is 10.3 Å². The summed E-state index contributed by atoms with van der Waals surface area (Å²) in [6, 6.07) is 16.2. The van der Waals surface area contributed by atoms with Crippen LogP contribution >= 0.6 is 0 Å². The van der Waals surface area contributed by atoms with Gasteiger partial charge in [0.15, 0.2) is 5.79 Å². The Labute approximate surface area is 232 Å². The maximum Gasteiger partial charge on any atom is 0.290 e. The summed E-state index contributed by atoms with van der Waals surface area (Å²) < 4.78 is 13.1. The highest BCUT2D eigenvalue weighted by Gasteiger charge is 2.28. The molecule has 0 amide bonds. The number of methoxy groups -OCH3 is 2. The molecule has 0 aliphatic rings. The molecular weight excluding hydrogens is 508 g/mol. The number of imidazole rings is 1. The van der Waals surface area contributed by atoms with Gasteiger partial charge in [0, 0.05) is 39.2 Å². The number of ether oxygens (including phenoxy) is 2. The third kappa shape index (κ3) is 5.56. The smallest absolute Gasteiger partial charge is 0.290 e. The highest BCUT2D eigenvalue weighted by atomic mass is 16.7. The largest absolute Gasteiger partial charge is 0.353 e. The predicted octanol–water partition coefficient (Wildman–Crippen LogP) is 4.16. The maximum absolute atomic E-state index is 13.2. The van der Waals surface area contributed by atoms with E-state index in [1.165, 1.54) is 0 Å². The summed E-state index contributed by atoms with van der Waals surface area (Å²) in [7, 11) is 3.17. The Morgan fingerprint density at radius 2 is 1.60 bits per heavy atom. The van der Waals surface area contributed by atoms with Crippen molar-refractivity contribution in [2.75, 3.05) is 14.2 Å². The quantitative estimate of drug-likeness (QED) is 0.265. The van der Waals surface area contributed by atoms with Crippen LogP contribution in [-0.4, -0.2) is 60.4 Å². The lowest BCUT2D eigenvalue weighted by Crippen LogP contribution is -2.33. The van der Waals surface area contributed by atoms with E-state index >= 15 is 0 Å². The molecule has 0 aliphatic heterocycles. The summed E-state index contributed by atoms with van der Waals surface area (Å²) in [5, 5.41) is 21.5. The molecule has 0 saturated carbocycles.